The number of pyridine rings is 1. The van der Waals surface area contributed by atoms with E-state index in [1.807, 2.05) is 18.3 Å². The number of piperazine rings is 1. The zero-order valence-electron chi connectivity index (χ0n) is 12.6. The van der Waals surface area contributed by atoms with Crippen molar-refractivity contribution in [3.63, 3.8) is 0 Å². The molecule has 116 valence electrons. The maximum atomic E-state index is 11.5. The van der Waals surface area contributed by atoms with Crippen LogP contribution in [0.2, 0.25) is 0 Å². The first-order chi connectivity index (χ1) is 10.8. The number of esters is 1. The number of hydrogen-bond acceptors (Lipinski definition) is 5. The van der Waals surface area contributed by atoms with E-state index < -0.39 is 0 Å². The number of nitrogens with zero attached hydrogens (tertiary/aromatic N) is 2. The third-order valence-electron chi connectivity index (χ3n) is 3.95. The maximum Gasteiger partial charge on any atom is 0.354 e. The van der Waals surface area contributed by atoms with Gasteiger partial charge < -0.3 is 15.0 Å². The van der Waals surface area contributed by atoms with Gasteiger partial charge in [0.1, 0.15) is 5.69 Å². The van der Waals surface area contributed by atoms with E-state index in [0.29, 0.717) is 5.69 Å². The molecule has 1 saturated heterocycles. The van der Waals surface area contributed by atoms with Gasteiger partial charge in [0.25, 0.3) is 0 Å². The van der Waals surface area contributed by atoms with E-state index in [2.05, 4.69) is 26.3 Å². The summed E-state index contributed by atoms with van der Waals surface area (Å²) in [6.45, 7) is 3.57. The highest BCUT2D eigenvalue weighted by atomic mass is 16.5. The predicted octanol–water partition coefficient (Wildman–Crippen LogP) is 1.34. The van der Waals surface area contributed by atoms with Crippen LogP contribution in [0.25, 0.3) is 0 Å². The molecule has 3 rings (SSSR count). The molecule has 6 nitrogen and oxygen atoms in total. The van der Waals surface area contributed by atoms with Crippen LogP contribution in [0.15, 0.2) is 36.7 Å². The van der Waals surface area contributed by atoms with Gasteiger partial charge in [0.2, 0.25) is 0 Å². The molecule has 2 aromatic rings. The summed E-state index contributed by atoms with van der Waals surface area (Å²) in [5.41, 5.74) is 2.70. The van der Waals surface area contributed by atoms with Crippen molar-refractivity contribution in [1.82, 2.24) is 20.2 Å². The molecule has 2 aromatic heterocycles. The molecule has 22 heavy (non-hydrogen) atoms. The molecule has 1 aliphatic heterocycles. The molecule has 1 unspecified atom stereocenters. The fraction of sp³-hybridized carbons (Fsp3) is 0.375. The number of methoxy groups -OCH3 is 1. The van der Waals surface area contributed by atoms with Gasteiger partial charge in [-0.05, 0) is 23.8 Å². The minimum absolute atomic E-state index is 0.285. The van der Waals surface area contributed by atoms with Crippen LogP contribution in [-0.4, -0.2) is 47.6 Å². The molecule has 2 N–H and O–H groups in total. The van der Waals surface area contributed by atoms with Crippen LogP contribution in [0.4, 0.5) is 0 Å². The van der Waals surface area contributed by atoms with Crippen LogP contribution in [0.3, 0.4) is 0 Å². The Morgan fingerprint density at radius 3 is 3.14 bits per heavy atom. The molecule has 1 aliphatic rings. The third kappa shape index (κ3) is 3.18. The second kappa shape index (κ2) is 6.72. The number of hydrogen-bond donors (Lipinski definition) is 2. The number of carbonyl (C=O) groups is 1. The fourth-order valence-corrected chi connectivity index (χ4v) is 2.82. The fourth-order valence-electron chi connectivity index (χ4n) is 2.82. The molecule has 3 heterocycles. The number of carbonyl (C=O) groups excluding carboxylic acids is 1. The molecule has 1 atom stereocenters. The van der Waals surface area contributed by atoms with Gasteiger partial charge >= 0.3 is 5.97 Å². The molecule has 6 heteroatoms. The molecule has 0 aliphatic carbocycles. The summed E-state index contributed by atoms with van der Waals surface area (Å²) >= 11 is 0. The van der Waals surface area contributed by atoms with Crippen molar-refractivity contribution in [3.05, 3.63) is 53.6 Å². The minimum Gasteiger partial charge on any atom is -0.464 e. The van der Waals surface area contributed by atoms with Gasteiger partial charge in [-0.15, -0.1) is 0 Å². The van der Waals surface area contributed by atoms with Gasteiger partial charge in [0, 0.05) is 50.3 Å². The molecule has 1 fully saturated rings. The summed E-state index contributed by atoms with van der Waals surface area (Å²) in [6.07, 6.45) is 3.71. The second-order valence-electron chi connectivity index (χ2n) is 5.37. The average molecular weight is 300 g/mol. The lowest BCUT2D eigenvalue weighted by atomic mass is 10.1. The van der Waals surface area contributed by atoms with Crippen molar-refractivity contribution >= 4 is 5.97 Å². The molecular weight excluding hydrogens is 280 g/mol. The molecule has 0 saturated carbocycles. The topological polar surface area (TPSA) is 70.2 Å². The van der Waals surface area contributed by atoms with Gasteiger partial charge in [0.15, 0.2) is 0 Å². The zero-order valence-corrected chi connectivity index (χ0v) is 12.6. The SMILES string of the molecule is COC(=O)c1ccc(CN2CCNCC2c2cccnc2)[nH]1. The summed E-state index contributed by atoms with van der Waals surface area (Å²) < 4.78 is 4.73. The van der Waals surface area contributed by atoms with Crippen LogP contribution in [0.1, 0.15) is 27.8 Å². The second-order valence-corrected chi connectivity index (χ2v) is 5.37. The highest BCUT2D eigenvalue weighted by molar-refractivity contribution is 5.87. The van der Waals surface area contributed by atoms with E-state index >= 15 is 0 Å². The Balaban J connectivity index is 1.74. The lowest BCUT2D eigenvalue weighted by Gasteiger charge is -2.36. The first kappa shape index (κ1) is 14.7. The van der Waals surface area contributed by atoms with Crippen molar-refractivity contribution in [2.45, 2.75) is 12.6 Å². The number of H-pyrrole nitrogens is 1. The van der Waals surface area contributed by atoms with Crippen molar-refractivity contribution in [1.29, 1.82) is 0 Å². The van der Waals surface area contributed by atoms with Gasteiger partial charge in [0.05, 0.1) is 7.11 Å². The summed E-state index contributed by atoms with van der Waals surface area (Å²) in [5, 5.41) is 3.43. The molecule has 0 bridgehead atoms. The van der Waals surface area contributed by atoms with E-state index in [-0.39, 0.29) is 12.0 Å². The summed E-state index contributed by atoms with van der Waals surface area (Å²) in [5.74, 6) is -0.338. The Bertz CT molecular complexity index is 626. The van der Waals surface area contributed by atoms with E-state index in [4.69, 9.17) is 4.74 Å². The first-order valence-corrected chi connectivity index (χ1v) is 7.39. The molecule has 0 spiro atoms. The Labute approximate surface area is 129 Å². The number of ether oxygens (including phenoxy) is 1. The van der Waals surface area contributed by atoms with Crippen molar-refractivity contribution < 1.29 is 9.53 Å². The average Bonchev–Trinajstić information content (AvgIpc) is 3.04. The minimum atomic E-state index is -0.338. The van der Waals surface area contributed by atoms with Crippen molar-refractivity contribution in [2.24, 2.45) is 0 Å². The lowest BCUT2D eigenvalue weighted by Crippen LogP contribution is -2.45. The molecular formula is C16H20N4O2. The normalized spacial score (nSPS) is 19.0. The maximum absolute atomic E-state index is 11.5. The number of rotatable bonds is 4. The van der Waals surface area contributed by atoms with E-state index in [1.54, 1.807) is 12.3 Å². The van der Waals surface area contributed by atoms with Crippen molar-refractivity contribution in [3.8, 4) is 0 Å². The number of aromatic nitrogens is 2. The van der Waals surface area contributed by atoms with Crippen LogP contribution < -0.4 is 5.32 Å². The number of nitrogens with one attached hydrogen (secondary N) is 2. The Kier molecular flexibility index (Phi) is 4.50. The van der Waals surface area contributed by atoms with Crippen LogP contribution in [-0.2, 0) is 11.3 Å². The summed E-state index contributed by atoms with van der Waals surface area (Å²) in [4.78, 5) is 21.3. The summed E-state index contributed by atoms with van der Waals surface area (Å²) in [7, 11) is 1.39. The lowest BCUT2D eigenvalue weighted by molar-refractivity contribution is 0.0594. The Morgan fingerprint density at radius 1 is 1.45 bits per heavy atom. The first-order valence-electron chi connectivity index (χ1n) is 7.39. The van der Waals surface area contributed by atoms with E-state index in [9.17, 15) is 4.79 Å². The van der Waals surface area contributed by atoms with Crippen LogP contribution in [0.5, 0.6) is 0 Å². The smallest absolute Gasteiger partial charge is 0.354 e. The monoisotopic (exact) mass is 300 g/mol. The van der Waals surface area contributed by atoms with Crippen molar-refractivity contribution in [2.75, 3.05) is 26.7 Å². The third-order valence-corrected chi connectivity index (χ3v) is 3.95. The highest BCUT2D eigenvalue weighted by Crippen LogP contribution is 2.23. The zero-order chi connectivity index (χ0) is 15.4. The molecule has 0 amide bonds. The standard InChI is InChI=1S/C16H20N4O2/c1-22-16(21)14-5-4-13(19-14)11-20-8-7-18-10-15(20)12-3-2-6-17-9-12/h2-6,9,15,18-19H,7-8,10-11H2,1H3. The Hall–Kier alpha value is -2.18. The van der Waals surface area contributed by atoms with Crippen LogP contribution >= 0.6 is 0 Å². The van der Waals surface area contributed by atoms with Gasteiger partial charge in [-0.25, -0.2) is 4.79 Å². The van der Waals surface area contributed by atoms with Gasteiger partial charge in [-0.3, -0.25) is 9.88 Å². The highest BCUT2D eigenvalue weighted by Gasteiger charge is 2.24. The Morgan fingerprint density at radius 2 is 2.36 bits per heavy atom. The van der Waals surface area contributed by atoms with Gasteiger partial charge in [-0.2, -0.15) is 0 Å². The van der Waals surface area contributed by atoms with Gasteiger partial charge in [-0.1, -0.05) is 6.07 Å². The molecule has 0 radical (unpaired) electrons. The number of aromatic amines is 1. The summed E-state index contributed by atoms with van der Waals surface area (Å²) in [6, 6.07) is 8.06. The van der Waals surface area contributed by atoms with E-state index in [1.165, 1.54) is 12.7 Å². The van der Waals surface area contributed by atoms with Crippen LogP contribution in [0, 0.1) is 0 Å². The molecule has 0 aromatic carbocycles. The van der Waals surface area contributed by atoms with E-state index in [0.717, 1.165) is 31.9 Å². The quantitative estimate of drug-likeness (QED) is 0.834. The largest absolute Gasteiger partial charge is 0.464 e. The predicted molar refractivity (Wildman–Crippen MR) is 82.4 cm³/mol.